The van der Waals surface area contributed by atoms with Gasteiger partial charge in [-0.05, 0) is 41.6 Å². The van der Waals surface area contributed by atoms with E-state index in [2.05, 4.69) is 95.8 Å². The van der Waals surface area contributed by atoms with Crippen molar-refractivity contribution < 1.29 is 0 Å². The van der Waals surface area contributed by atoms with Gasteiger partial charge in [-0.15, -0.1) is 0 Å². The lowest BCUT2D eigenvalue weighted by atomic mass is 10.1. The molecule has 5 rings (SSSR count). The summed E-state index contributed by atoms with van der Waals surface area (Å²) in [6, 6.07) is 31.5. The zero-order chi connectivity index (χ0) is 17.8. The number of benzene rings is 3. The molecule has 0 aliphatic rings. The van der Waals surface area contributed by atoms with Gasteiger partial charge in [0.15, 0.2) is 0 Å². The summed E-state index contributed by atoms with van der Waals surface area (Å²) >= 11 is 0. The lowest BCUT2D eigenvalue weighted by molar-refractivity contribution is 1.07. The zero-order valence-electron chi connectivity index (χ0n) is 14.9. The number of aromatic nitrogens is 2. The van der Waals surface area contributed by atoms with Gasteiger partial charge < -0.3 is 9.97 Å². The van der Waals surface area contributed by atoms with Crippen LogP contribution in [-0.2, 0) is 6.42 Å². The molecule has 2 aromatic heterocycles. The van der Waals surface area contributed by atoms with Gasteiger partial charge in [0.05, 0.1) is 0 Å². The Bertz CT molecular complexity index is 1050. The summed E-state index contributed by atoms with van der Waals surface area (Å²) in [7, 11) is 0. The van der Waals surface area contributed by atoms with Crippen molar-refractivity contribution in [3.8, 4) is 11.3 Å². The van der Waals surface area contributed by atoms with Gasteiger partial charge >= 0.3 is 0 Å². The molecule has 0 amide bonds. The average molecular weight is 338 g/mol. The predicted octanol–water partition coefficient (Wildman–Crippen LogP) is 6.57. The number of nitrogens with one attached hydrogen (secondary N) is 2. The minimum Gasteiger partial charge on any atom is -0.358 e. The normalized spacial score (nSPS) is 10.7. The lowest BCUT2D eigenvalue weighted by Crippen LogP contribution is -1.74. The summed E-state index contributed by atoms with van der Waals surface area (Å²) in [5, 5.41) is 2.57. The maximum absolute atomic E-state index is 3.41. The van der Waals surface area contributed by atoms with E-state index in [0.717, 1.165) is 6.42 Å². The van der Waals surface area contributed by atoms with Gasteiger partial charge in [0.25, 0.3) is 0 Å². The number of para-hydroxylation sites is 2. The van der Waals surface area contributed by atoms with Crippen LogP contribution in [0.15, 0.2) is 91.0 Å². The highest BCUT2D eigenvalue weighted by molar-refractivity contribution is 5.85. The molecule has 0 radical (unpaired) electrons. The average Bonchev–Trinajstić information content (AvgIpc) is 3.33. The standard InChI is InChI=1S/C14H11N.C10H11N/c1-2-6-11(7-3-1)14-10-12-8-4-5-9-13(12)15-14;1-2-9-7-8-5-3-4-6-10(8)11-9/h1-10,15H;3-7,11H,2H2,1H3. The van der Waals surface area contributed by atoms with Crippen LogP contribution in [0.3, 0.4) is 0 Å². The smallest absolute Gasteiger partial charge is 0.0464 e. The van der Waals surface area contributed by atoms with Crippen molar-refractivity contribution in [3.05, 3.63) is 96.7 Å². The van der Waals surface area contributed by atoms with Gasteiger partial charge in [0.1, 0.15) is 0 Å². The predicted molar refractivity (Wildman–Crippen MR) is 111 cm³/mol. The van der Waals surface area contributed by atoms with Crippen LogP contribution >= 0.6 is 0 Å². The Morgan fingerprint density at radius 1 is 0.615 bits per heavy atom. The zero-order valence-corrected chi connectivity index (χ0v) is 14.9. The van der Waals surface area contributed by atoms with Crippen molar-refractivity contribution in [3.63, 3.8) is 0 Å². The molecule has 3 aromatic carbocycles. The molecular weight excluding hydrogens is 316 g/mol. The van der Waals surface area contributed by atoms with Crippen LogP contribution in [0.5, 0.6) is 0 Å². The Morgan fingerprint density at radius 3 is 1.81 bits per heavy atom. The second kappa shape index (κ2) is 7.32. The third-order valence-electron chi connectivity index (χ3n) is 4.58. The first-order chi connectivity index (χ1) is 12.8. The maximum atomic E-state index is 3.41. The summed E-state index contributed by atoms with van der Waals surface area (Å²) in [5.74, 6) is 0. The monoisotopic (exact) mass is 338 g/mol. The first-order valence-electron chi connectivity index (χ1n) is 9.03. The summed E-state index contributed by atoms with van der Waals surface area (Å²) in [6.07, 6.45) is 1.08. The van der Waals surface area contributed by atoms with Crippen LogP contribution in [0.4, 0.5) is 0 Å². The van der Waals surface area contributed by atoms with E-state index in [1.165, 1.54) is 38.8 Å². The Kier molecular flexibility index (Phi) is 4.57. The molecule has 2 heteroatoms. The van der Waals surface area contributed by atoms with Crippen LogP contribution in [-0.4, -0.2) is 9.97 Å². The molecule has 0 saturated carbocycles. The highest BCUT2D eigenvalue weighted by Crippen LogP contribution is 2.23. The molecule has 0 fully saturated rings. The van der Waals surface area contributed by atoms with Crippen molar-refractivity contribution in [1.29, 1.82) is 0 Å². The van der Waals surface area contributed by atoms with Gasteiger partial charge in [0, 0.05) is 27.8 Å². The Labute approximate surface area is 153 Å². The number of fused-ring (bicyclic) bond motifs is 2. The van der Waals surface area contributed by atoms with Crippen molar-refractivity contribution in [2.45, 2.75) is 13.3 Å². The topological polar surface area (TPSA) is 31.6 Å². The Hall–Kier alpha value is -3.26. The molecule has 0 aliphatic heterocycles. The van der Waals surface area contributed by atoms with Gasteiger partial charge in [-0.25, -0.2) is 0 Å². The molecule has 0 saturated heterocycles. The van der Waals surface area contributed by atoms with Crippen molar-refractivity contribution >= 4 is 21.8 Å². The fourth-order valence-corrected chi connectivity index (χ4v) is 3.17. The number of aromatic amines is 2. The summed E-state index contributed by atoms with van der Waals surface area (Å²) in [6.45, 7) is 2.16. The minimum atomic E-state index is 1.08. The van der Waals surface area contributed by atoms with E-state index in [1.54, 1.807) is 0 Å². The van der Waals surface area contributed by atoms with E-state index in [1.807, 2.05) is 12.1 Å². The molecule has 0 bridgehead atoms. The number of hydrogen-bond donors (Lipinski definition) is 2. The highest BCUT2D eigenvalue weighted by Gasteiger charge is 2.01. The second-order valence-electron chi connectivity index (χ2n) is 6.37. The number of rotatable bonds is 2. The van der Waals surface area contributed by atoms with Crippen LogP contribution in [0.25, 0.3) is 33.1 Å². The van der Waals surface area contributed by atoms with Gasteiger partial charge in [-0.3, -0.25) is 0 Å². The van der Waals surface area contributed by atoms with Gasteiger partial charge in [-0.1, -0.05) is 73.7 Å². The van der Waals surface area contributed by atoms with Crippen molar-refractivity contribution in [2.24, 2.45) is 0 Å². The van der Waals surface area contributed by atoms with Gasteiger partial charge in [-0.2, -0.15) is 0 Å². The van der Waals surface area contributed by atoms with E-state index in [-0.39, 0.29) is 0 Å². The fourth-order valence-electron chi connectivity index (χ4n) is 3.17. The highest BCUT2D eigenvalue weighted by atomic mass is 14.7. The molecule has 5 aromatic rings. The second-order valence-corrected chi connectivity index (χ2v) is 6.37. The molecule has 128 valence electrons. The van der Waals surface area contributed by atoms with E-state index < -0.39 is 0 Å². The summed E-state index contributed by atoms with van der Waals surface area (Å²) in [5.41, 5.74) is 6.15. The lowest BCUT2D eigenvalue weighted by Gasteiger charge is -1.94. The first-order valence-corrected chi connectivity index (χ1v) is 9.03. The van der Waals surface area contributed by atoms with Crippen LogP contribution in [0.2, 0.25) is 0 Å². The third kappa shape index (κ3) is 3.40. The molecule has 2 nitrogen and oxygen atoms in total. The van der Waals surface area contributed by atoms with E-state index in [0.29, 0.717) is 0 Å². The van der Waals surface area contributed by atoms with Crippen molar-refractivity contribution in [2.75, 3.05) is 0 Å². The van der Waals surface area contributed by atoms with Gasteiger partial charge in [0.2, 0.25) is 0 Å². The fraction of sp³-hybridized carbons (Fsp3) is 0.0833. The Morgan fingerprint density at radius 2 is 1.19 bits per heavy atom. The SMILES string of the molecule is CCc1cc2ccccc2[nH]1.c1ccc(-c2cc3ccccc3[nH]2)cc1. The molecule has 2 N–H and O–H groups in total. The van der Waals surface area contributed by atoms with Crippen LogP contribution < -0.4 is 0 Å². The minimum absolute atomic E-state index is 1.08. The molecule has 2 heterocycles. The number of H-pyrrole nitrogens is 2. The van der Waals surface area contributed by atoms with Crippen LogP contribution in [0.1, 0.15) is 12.6 Å². The molecule has 26 heavy (non-hydrogen) atoms. The van der Waals surface area contributed by atoms with E-state index in [9.17, 15) is 0 Å². The number of hydrogen-bond acceptors (Lipinski definition) is 0. The molecule has 0 unspecified atom stereocenters. The van der Waals surface area contributed by atoms with E-state index in [4.69, 9.17) is 0 Å². The summed E-state index contributed by atoms with van der Waals surface area (Å²) in [4.78, 5) is 6.76. The Balaban J connectivity index is 0.000000136. The molecule has 0 aliphatic carbocycles. The molecule has 0 atom stereocenters. The first kappa shape index (κ1) is 16.2. The molecule has 0 spiro atoms. The summed E-state index contributed by atoms with van der Waals surface area (Å²) < 4.78 is 0. The van der Waals surface area contributed by atoms with Crippen molar-refractivity contribution in [1.82, 2.24) is 9.97 Å². The van der Waals surface area contributed by atoms with Crippen LogP contribution in [0, 0.1) is 0 Å². The molecular formula is C24H22N2. The third-order valence-corrected chi connectivity index (χ3v) is 4.58. The largest absolute Gasteiger partial charge is 0.358 e. The maximum Gasteiger partial charge on any atom is 0.0464 e. The quantitative estimate of drug-likeness (QED) is 0.365. The number of aryl methyl sites for hydroxylation is 1. The van der Waals surface area contributed by atoms with E-state index >= 15 is 0 Å².